The second kappa shape index (κ2) is 6.61. The van der Waals surface area contributed by atoms with E-state index in [0.717, 1.165) is 11.4 Å². The van der Waals surface area contributed by atoms with Crippen LogP contribution in [0.1, 0.15) is 27.2 Å². The van der Waals surface area contributed by atoms with Crippen molar-refractivity contribution in [2.75, 3.05) is 11.9 Å². The molecule has 21 heavy (non-hydrogen) atoms. The molecule has 0 radical (unpaired) electrons. The number of anilines is 1. The molecule has 1 fully saturated rings. The Balaban J connectivity index is 1.84. The smallest absolute Gasteiger partial charge is 0.228 e. The summed E-state index contributed by atoms with van der Waals surface area (Å²) in [5.74, 6) is 0.251. The summed E-state index contributed by atoms with van der Waals surface area (Å²) in [6.07, 6.45) is 0.626. The molecule has 2 amide bonds. The van der Waals surface area contributed by atoms with Crippen LogP contribution in [0.15, 0.2) is 24.3 Å². The Kier molecular flexibility index (Phi) is 4.83. The first kappa shape index (κ1) is 15.4. The van der Waals surface area contributed by atoms with Gasteiger partial charge in [0, 0.05) is 11.7 Å². The predicted octanol–water partition coefficient (Wildman–Crippen LogP) is 2.18. The lowest BCUT2D eigenvalue weighted by Crippen LogP contribution is -2.32. The van der Waals surface area contributed by atoms with E-state index in [2.05, 4.69) is 10.6 Å². The summed E-state index contributed by atoms with van der Waals surface area (Å²) in [5.41, 5.74) is 0.721. The first-order chi connectivity index (χ1) is 10.0. The topological polar surface area (TPSA) is 67.4 Å². The fraction of sp³-hybridized carbons (Fsp3) is 0.500. The fourth-order valence-corrected chi connectivity index (χ4v) is 2.20. The van der Waals surface area contributed by atoms with Gasteiger partial charge in [-0.3, -0.25) is 9.59 Å². The molecule has 0 heterocycles. The molecule has 0 aliphatic heterocycles. The second-order valence-corrected chi connectivity index (χ2v) is 5.56. The maximum Gasteiger partial charge on any atom is 0.228 e. The van der Waals surface area contributed by atoms with Crippen molar-refractivity contribution in [3.8, 4) is 5.75 Å². The summed E-state index contributed by atoms with van der Waals surface area (Å²) in [7, 11) is 0. The molecule has 0 bridgehead atoms. The van der Waals surface area contributed by atoms with Crippen LogP contribution in [0.4, 0.5) is 5.69 Å². The van der Waals surface area contributed by atoms with Crippen molar-refractivity contribution in [3.05, 3.63) is 24.3 Å². The maximum absolute atomic E-state index is 12.1. The lowest BCUT2D eigenvalue weighted by atomic mass is 10.2. The molecule has 5 heteroatoms. The lowest BCUT2D eigenvalue weighted by molar-refractivity contribution is -0.125. The average Bonchev–Trinajstić information content (AvgIpc) is 3.21. The highest BCUT2D eigenvalue weighted by atomic mass is 16.5. The van der Waals surface area contributed by atoms with Crippen molar-refractivity contribution >= 4 is 17.5 Å². The number of carbonyl (C=O) groups is 2. The highest BCUT2D eigenvalue weighted by molar-refractivity contribution is 5.99. The van der Waals surface area contributed by atoms with E-state index in [-0.39, 0.29) is 29.7 Å². The zero-order valence-electron chi connectivity index (χ0n) is 12.7. The predicted molar refractivity (Wildman–Crippen MR) is 81.1 cm³/mol. The molecule has 2 rings (SSSR count). The molecule has 0 spiro atoms. The molecular weight excluding hydrogens is 268 g/mol. The number of amides is 2. The normalized spacial score (nSPS) is 20.0. The zero-order chi connectivity index (χ0) is 15.4. The quantitative estimate of drug-likeness (QED) is 0.844. The number of hydrogen-bond acceptors (Lipinski definition) is 3. The van der Waals surface area contributed by atoms with Gasteiger partial charge in [-0.25, -0.2) is 0 Å². The first-order valence-electron chi connectivity index (χ1n) is 7.35. The van der Waals surface area contributed by atoms with Gasteiger partial charge in [0.05, 0.1) is 18.4 Å². The van der Waals surface area contributed by atoms with Crippen LogP contribution in [0, 0.1) is 11.8 Å². The van der Waals surface area contributed by atoms with Gasteiger partial charge in [-0.2, -0.15) is 0 Å². The minimum Gasteiger partial charge on any atom is -0.494 e. The third kappa shape index (κ3) is 4.21. The molecule has 2 unspecified atom stereocenters. The summed E-state index contributed by atoms with van der Waals surface area (Å²) in [4.78, 5) is 23.9. The average molecular weight is 290 g/mol. The van der Waals surface area contributed by atoms with Crippen LogP contribution in [0.25, 0.3) is 0 Å². The minimum atomic E-state index is -0.213. The van der Waals surface area contributed by atoms with Crippen molar-refractivity contribution in [1.29, 1.82) is 0 Å². The largest absolute Gasteiger partial charge is 0.494 e. The van der Waals surface area contributed by atoms with Crippen molar-refractivity contribution in [2.24, 2.45) is 11.8 Å². The highest BCUT2D eigenvalue weighted by Crippen LogP contribution is 2.39. The van der Waals surface area contributed by atoms with E-state index in [0.29, 0.717) is 13.0 Å². The Morgan fingerprint density at radius 2 is 1.81 bits per heavy atom. The standard InChI is InChI=1S/C16H22N2O3/c1-4-21-12-7-5-11(6-8-12)18-16(20)14-9-13(14)15(19)17-10(2)3/h5-8,10,13-14H,4,9H2,1-3H3,(H,17,19)(H,18,20). The van der Waals surface area contributed by atoms with Gasteiger partial charge in [0.15, 0.2) is 0 Å². The molecule has 2 atom stereocenters. The molecule has 1 aromatic carbocycles. The third-order valence-corrected chi connectivity index (χ3v) is 3.33. The summed E-state index contributed by atoms with van der Waals surface area (Å²) in [6, 6.07) is 7.33. The SMILES string of the molecule is CCOc1ccc(NC(=O)C2CC2C(=O)NC(C)C)cc1. The van der Waals surface area contributed by atoms with Crippen LogP contribution in [-0.4, -0.2) is 24.5 Å². The Morgan fingerprint density at radius 1 is 1.19 bits per heavy atom. The van der Waals surface area contributed by atoms with Gasteiger partial charge < -0.3 is 15.4 Å². The number of hydrogen-bond donors (Lipinski definition) is 2. The van der Waals surface area contributed by atoms with Crippen LogP contribution >= 0.6 is 0 Å². The molecule has 114 valence electrons. The Hall–Kier alpha value is -2.04. The van der Waals surface area contributed by atoms with Crippen LogP contribution in [0.5, 0.6) is 5.75 Å². The van der Waals surface area contributed by atoms with Crippen molar-refractivity contribution in [1.82, 2.24) is 5.32 Å². The van der Waals surface area contributed by atoms with E-state index in [9.17, 15) is 9.59 Å². The summed E-state index contributed by atoms with van der Waals surface area (Å²) < 4.78 is 5.35. The highest BCUT2D eigenvalue weighted by Gasteiger charge is 2.48. The van der Waals surface area contributed by atoms with Gasteiger partial charge in [-0.1, -0.05) is 0 Å². The molecular formula is C16H22N2O3. The lowest BCUT2D eigenvalue weighted by Gasteiger charge is -2.08. The van der Waals surface area contributed by atoms with E-state index in [1.807, 2.05) is 32.9 Å². The van der Waals surface area contributed by atoms with E-state index < -0.39 is 0 Å². The monoisotopic (exact) mass is 290 g/mol. The molecule has 0 saturated heterocycles. The first-order valence-corrected chi connectivity index (χ1v) is 7.35. The number of ether oxygens (including phenoxy) is 1. The maximum atomic E-state index is 12.1. The van der Waals surface area contributed by atoms with Crippen molar-refractivity contribution < 1.29 is 14.3 Å². The number of benzene rings is 1. The Bertz CT molecular complexity index is 511. The molecule has 1 aliphatic rings. The molecule has 5 nitrogen and oxygen atoms in total. The van der Waals surface area contributed by atoms with Gasteiger partial charge in [-0.15, -0.1) is 0 Å². The van der Waals surface area contributed by atoms with E-state index in [1.165, 1.54) is 0 Å². The van der Waals surface area contributed by atoms with E-state index in [4.69, 9.17) is 4.74 Å². The van der Waals surface area contributed by atoms with E-state index in [1.54, 1.807) is 12.1 Å². The number of nitrogens with one attached hydrogen (secondary N) is 2. The number of carbonyl (C=O) groups excluding carboxylic acids is 2. The molecule has 2 N–H and O–H groups in total. The van der Waals surface area contributed by atoms with Gasteiger partial charge in [-0.05, 0) is 51.5 Å². The van der Waals surface area contributed by atoms with Crippen LogP contribution < -0.4 is 15.4 Å². The van der Waals surface area contributed by atoms with Crippen molar-refractivity contribution in [3.63, 3.8) is 0 Å². The second-order valence-electron chi connectivity index (χ2n) is 5.56. The van der Waals surface area contributed by atoms with Crippen molar-refractivity contribution in [2.45, 2.75) is 33.2 Å². The zero-order valence-corrected chi connectivity index (χ0v) is 12.7. The van der Waals surface area contributed by atoms with E-state index >= 15 is 0 Å². The summed E-state index contributed by atoms with van der Waals surface area (Å²) >= 11 is 0. The molecule has 1 aromatic rings. The van der Waals surface area contributed by atoms with Gasteiger partial charge in [0.2, 0.25) is 11.8 Å². The Morgan fingerprint density at radius 3 is 2.38 bits per heavy atom. The summed E-state index contributed by atoms with van der Waals surface area (Å²) in [5, 5.41) is 5.68. The molecule has 1 saturated carbocycles. The Labute approximate surface area is 125 Å². The third-order valence-electron chi connectivity index (χ3n) is 3.33. The fourth-order valence-electron chi connectivity index (χ4n) is 2.20. The van der Waals surface area contributed by atoms with Gasteiger partial charge in [0.25, 0.3) is 0 Å². The van der Waals surface area contributed by atoms with Gasteiger partial charge >= 0.3 is 0 Å². The number of rotatable bonds is 6. The minimum absolute atomic E-state index is 0.0307. The van der Waals surface area contributed by atoms with Gasteiger partial charge in [0.1, 0.15) is 5.75 Å². The molecule has 1 aliphatic carbocycles. The van der Waals surface area contributed by atoms with Crippen LogP contribution in [0.3, 0.4) is 0 Å². The van der Waals surface area contributed by atoms with Crippen LogP contribution in [0.2, 0.25) is 0 Å². The summed E-state index contributed by atoms with van der Waals surface area (Å²) in [6.45, 7) is 6.36. The van der Waals surface area contributed by atoms with Crippen LogP contribution in [-0.2, 0) is 9.59 Å². The molecule has 0 aromatic heterocycles.